The normalized spacial score (nSPS) is 13.1. The lowest BCUT2D eigenvalue weighted by molar-refractivity contribution is -0.143. The van der Waals surface area contributed by atoms with Gasteiger partial charge in [0, 0.05) is 6.42 Å². The van der Waals surface area contributed by atoms with E-state index < -0.39 is 0 Å². The van der Waals surface area contributed by atoms with E-state index in [1.807, 2.05) is 0 Å². The first kappa shape index (κ1) is 34.5. The van der Waals surface area contributed by atoms with Crippen LogP contribution in [0.25, 0.3) is 0 Å². The molecule has 0 bridgehead atoms. The number of unbranched alkanes of at least 4 members (excludes halogenated alkanes) is 8. The third kappa shape index (κ3) is 14.0. The number of benzene rings is 1. The molecule has 0 saturated heterocycles. The molecule has 0 aliphatic rings. The molecule has 1 atom stereocenters. The molecule has 0 aliphatic carbocycles. The Hall–Kier alpha value is -1.51. The van der Waals surface area contributed by atoms with Crippen LogP contribution in [0, 0.1) is 5.92 Å². The van der Waals surface area contributed by atoms with Gasteiger partial charge >= 0.3 is 5.97 Å². The fourth-order valence-electron chi connectivity index (χ4n) is 5.43. The second-order valence-electron chi connectivity index (χ2n) is 13.7. The van der Waals surface area contributed by atoms with Gasteiger partial charge in [-0.05, 0) is 46.3 Å². The van der Waals surface area contributed by atoms with Crippen molar-refractivity contribution in [2.24, 2.45) is 5.92 Å². The first-order chi connectivity index (χ1) is 17.9. The summed E-state index contributed by atoms with van der Waals surface area (Å²) in [5, 5.41) is 10.9. The molecule has 0 spiro atoms. The molecule has 0 saturated carbocycles. The van der Waals surface area contributed by atoms with Crippen molar-refractivity contribution in [3.8, 4) is 5.75 Å². The van der Waals surface area contributed by atoms with Crippen molar-refractivity contribution in [3.05, 3.63) is 28.8 Å². The van der Waals surface area contributed by atoms with Crippen molar-refractivity contribution in [1.82, 2.24) is 0 Å². The van der Waals surface area contributed by atoms with Crippen molar-refractivity contribution in [3.63, 3.8) is 0 Å². The van der Waals surface area contributed by atoms with Gasteiger partial charge in [0.2, 0.25) is 0 Å². The number of esters is 1. The first-order valence-corrected chi connectivity index (χ1v) is 15.9. The maximum absolute atomic E-state index is 12.4. The average Bonchev–Trinajstić information content (AvgIpc) is 2.83. The number of carbonyl (C=O) groups is 1. The molecule has 38 heavy (non-hydrogen) atoms. The van der Waals surface area contributed by atoms with Crippen molar-refractivity contribution in [2.75, 3.05) is 6.61 Å². The predicted octanol–water partition coefficient (Wildman–Crippen LogP) is 10.6. The Bertz CT molecular complexity index is 746. The molecule has 3 nitrogen and oxygen atoms in total. The third-order valence-electron chi connectivity index (χ3n) is 7.84. The van der Waals surface area contributed by atoms with Crippen LogP contribution in [0.5, 0.6) is 5.75 Å². The summed E-state index contributed by atoms with van der Waals surface area (Å²) in [6.07, 6.45) is 19.5. The Labute approximate surface area is 236 Å². The second kappa shape index (κ2) is 18.0. The van der Waals surface area contributed by atoms with Crippen LogP contribution in [0.4, 0.5) is 0 Å². The number of hydrogen-bond acceptors (Lipinski definition) is 3. The van der Waals surface area contributed by atoms with Crippen LogP contribution >= 0.6 is 0 Å². The molecule has 220 valence electrons. The van der Waals surface area contributed by atoms with Crippen molar-refractivity contribution in [2.45, 2.75) is 169 Å². The number of phenols is 1. The fraction of sp³-hybridized carbons (Fsp3) is 0.800. The summed E-state index contributed by atoms with van der Waals surface area (Å²) >= 11 is 0. The molecular formula is C35H62O3. The van der Waals surface area contributed by atoms with Gasteiger partial charge in [-0.15, -0.1) is 0 Å². The van der Waals surface area contributed by atoms with Crippen molar-refractivity contribution < 1.29 is 14.6 Å². The zero-order valence-corrected chi connectivity index (χ0v) is 26.5. The topological polar surface area (TPSA) is 46.5 Å². The third-order valence-corrected chi connectivity index (χ3v) is 7.84. The molecule has 0 aromatic heterocycles. The van der Waals surface area contributed by atoms with Crippen LogP contribution in [0.1, 0.15) is 168 Å². The quantitative estimate of drug-likeness (QED) is 0.143. The number of ether oxygens (including phenoxy) is 1. The van der Waals surface area contributed by atoms with E-state index in [1.54, 1.807) is 0 Å². The van der Waals surface area contributed by atoms with E-state index in [0.29, 0.717) is 25.2 Å². The maximum atomic E-state index is 12.4. The highest BCUT2D eigenvalue weighted by Gasteiger charge is 2.26. The van der Waals surface area contributed by atoms with E-state index in [4.69, 9.17) is 4.74 Å². The Morgan fingerprint density at radius 1 is 0.737 bits per heavy atom. The highest BCUT2D eigenvalue weighted by Crippen LogP contribution is 2.40. The predicted molar refractivity (Wildman–Crippen MR) is 164 cm³/mol. The van der Waals surface area contributed by atoms with Gasteiger partial charge in [0.25, 0.3) is 0 Å². The molecule has 3 heteroatoms. The first-order valence-electron chi connectivity index (χ1n) is 15.9. The van der Waals surface area contributed by atoms with Crippen molar-refractivity contribution >= 4 is 5.97 Å². The lowest BCUT2D eigenvalue weighted by Crippen LogP contribution is -2.18. The van der Waals surface area contributed by atoms with Gasteiger partial charge in [0.1, 0.15) is 5.75 Å². The summed E-state index contributed by atoms with van der Waals surface area (Å²) < 4.78 is 5.55. The van der Waals surface area contributed by atoms with Gasteiger partial charge in [-0.1, -0.05) is 151 Å². The molecule has 0 fully saturated rings. The molecule has 1 aromatic carbocycles. The van der Waals surface area contributed by atoms with E-state index in [0.717, 1.165) is 35.4 Å². The standard InChI is InChI=1S/C35H62O3/c1-9-11-12-13-14-17-21-28(20-10-2)22-18-15-16-19-25-38-32(36)24-23-29-26-30(34(3,4)5)33(37)31(27-29)35(6,7)8/h26-28,37H,9-25H2,1-8H3. The maximum Gasteiger partial charge on any atom is 0.306 e. The molecule has 1 unspecified atom stereocenters. The summed E-state index contributed by atoms with van der Waals surface area (Å²) in [6.45, 7) is 17.8. The molecule has 1 rings (SSSR count). The van der Waals surface area contributed by atoms with Gasteiger partial charge in [-0.2, -0.15) is 0 Å². The van der Waals surface area contributed by atoms with Crippen LogP contribution in [-0.2, 0) is 26.8 Å². The molecule has 1 N–H and O–H groups in total. The van der Waals surface area contributed by atoms with Gasteiger partial charge in [0.15, 0.2) is 0 Å². The van der Waals surface area contributed by atoms with Crippen LogP contribution in [0.15, 0.2) is 12.1 Å². The highest BCUT2D eigenvalue weighted by molar-refractivity contribution is 5.69. The van der Waals surface area contributed by atoms with Crippen molar-refractivity contribution in [1.29, 1.82) is 0 Å². The largest absolute Gasteiger partial charge is 0.507 e. The minimum atomic E-state index is -0.161. The number of aromatic hydroxyl groups is 1. The molecule has 1 aromatic rings. The molecule has 0 aliphatic heterocycles. The van der Waals surface area contributed by atoms with E-state index in [1.165, 1.54) is 77.0 Å². The fourth-order valence-corrected chi connectivity index (χ4v) is 5.43. The van der Waals surface area contributed by atoms with Crippen LogP contribution in [-0.4, -0.2) is 17.7 Å². The average molecular weight is 531 g/mol. The van der Waals surface area contributed by atoms with E-state index >= 15 is 0 Å². The molecule has 0 radical (unpaired) electrons. The summed E-state index contributed by atoms with van der Waals surface area (Å²) in [6, 6.07) is 4.13. The molecule has 0 amide bonds. The summed E-state index contributed by atoms with van der Waals surface area (Å²) in [4.78, 5) is 12.4. The second-order valence-corrected chi connectivity index (χ2v) is 13.7. The van der Waals surface area contributed by atoms with Gasteiger partial charge in [-0.25, -0.2) is 0 Å². The van der Waals surface area contributed by atoms with Crippen LogP contribution in [0.3, 0.4) is 0 Å². The Morgan fingerprint density at radius 2 is 1.24 bits per heavy atom. The van der Waals surface area contributed by atoms with E-state index in [9.17, 15) is 9.90 Å². The Balaban J connectivity index is 2.34. The zero-order valence-electron chi connectivity index (χ0n) is 26.5. The van der Waals surface area contributed by atoms with Crippen LogP contribution < -0.4 is 0 Å². The Morgan fingerprint density at radius 3 is 1.74 bits per heavy atom. The van der Waals surface area contributed by atoms with Crippen LogP contribution in [0.2, 0.25) is 0 Å². The monoisotopic (exact) mass is 530 g/mol. The number of carbonyl (C=O) groups excluding carboxylic acids is 1. The smallest absolute Gasteiger partial charge is 0.306 e. The van der Waals surface area contributed by atoms with Gasteiger partial charge in [-0.3, -0.25) is 4.79 Å². The summed E-state index contributed by atoms with van der Waals surface area (Å²) in [5.41, 5.74) is 2.66. The van der Waals surface area contributed by atoms with E-state index in [-0.39, 0.29) is 16.8 Å². The van der Waals surface area contributed by atoms with Gasteiger partial charge in [0.05, 0.1) is 6.61 Å². The van der Waals surface area contributed by atoms with E-state index in [2.05, 4.69) is 67.5 Å². The summed E-state index contributed by atoms with van der Waals surface area (Å²) in [5.74, 6) is 1.18. The Kier molecular flexibility index (Phi) is 16.3. The lowest BCUT2D eigenvalue weighted by atomic mass is 9.78. The number of phenolic OH excluding ortho intramolecular Hbond substituents is 1. The minimum Gasteiger partial charge on any atom is -0.507 e. The molecule has 0 heterocycles. The summed E-state index contributed by atoms with van der Waals surface area (Å²) in [7, 11) is 0. The van der Waals surface area contributed by atoms with Gasteiger partial charge < -0.3 is 9.84 Å². The SMILES string of the molecule is CCCCCCCCC(CCC)CCCCCCOC(=O)CCc1cc(C(C)(C)C)c(O)c(C(C)(C)C)c1. The zero-order chi connectivity index (χ0) is 28.6. The lowest BCUT2D eigenvalue weighted by Gasteiger charge is -2.28. The number of rotatable bonds is 19. The highest BCUT2D eigenvalue weighted by atomic mass is 16.5. The number of hydrogen-bond donors (Lipinski definition) is 1. The molecular weight excluding hydrogens is 468 g/mol. The number of aryl methyl sites for hydroxylation is 1. The minimum absolute atomic E-state index is 0.116.